The van der Waals surface area contributed by atoms with Crippen molar-refractivity contribution in [1.82, 2.24) is 15.3 Å². The minimum Gasteiger partial charge on any atom is -0.496 e. The summed E-state index contributed by atoms with van der Waals surface area (Å²) in [5.74, 6) is 1.38. The molecule has 1 aromatic heterocycles. The summed E-state index contributed by atoms with van der Waals surface area (Å²) >= 11 is 0. The molecule has 0 aliphatic rings. The molecule has 0 aliphatic carbocycles. The Balaban J connectivity index is 2.01. The number of hydrogen-bond donors (Lipinski definition) is 1. The number of methoxy groups -OCH3 is 1. The number of benzene rings is 1. The van der Waals surface area contributed by atoms with Gasteiger partial charge in [0.15, 0.2) is 0 Å². The average Bonchev–Trinajstić information content (AvgIpc) is 2.54. The Kier molecular flexibility index (Phi) is 5.54. The summed E-state index contributed by atoms with van der Waals surface area (Å²) in [5.41, 5.74) is 1.40. The molecule has 1 atom stereocenters. The van der Waals surface area contributed by atoms with Crippen LogP contribution in [-0.4, -0.2) is 29.0 Å². The molecule has 1 aromatic carbocycles. The van der Waals surface area contributed by atoms with E-state index in [1.54, 1.807) is 19.5 Å². The van der Waals surface area contributed by atoms with Crippen molar-refractivity contribution in [3.05, 3.63) is 53.6 Å². The Labute approximate surface area is 143 Å². The van der Waals surface area contributed by atoms with Gasteiger partial charge in [0.05, 0.1) is 12.7 Å². The first-order chi connectivity index (χ1) is 11.3. The third-order valence-electron chi connectivity index (χ3n) is 3.68. The molecule has 1 amide bonds. The summed E-state index contributed by atoms with van der Waals surface area (Å²) in [5, 5.41) is 2.98. The average molecular weight is 327 g/mol. The number of carbonyl (C=O) groups excluding carboxylic acids is 1. The van der Waals surface area contributed by atoms with E-state index in [1.165, 1.54) is 0 Å². The van der Waals surface area contributed by atoms with E-state index in [0.717, 1.165) is 17.1 Å². The van der Waals surface area contributed by atoms with Crippen LogP contribution < -0.4 is 10.1 Å². The fourth-order valence-corrected chi connectivity index (χ4v) is 2.39. The molecule has 0 bridgehead atoms. The van der Waals surface area contributed by atoms with Crippen molar-refractivity contribution >= 4 is 5.91 Å². The highest BCUT2D eigenvalue weighted by atomic mass is 16.5. The summed E-state index contributed by atoms with van der Waals surface area (Å²) in [6, 6.07) is 7.78. The zero-order valence-corrected chi connectivity index (χ0v) is 15.0. The number of para-hydroxylation sites is 1. The molecular formula is C19H25N3O2. The second-order valence-corrected chi connectivity index (χ2v) is 6.94. The summed E-state index contributed by atoms with van der Waals surface area (Å²) < 4.78 is 5.35. The van der Waals surface area contributed by atoms with Crippen LogP contribution >= 0.6 is 0 Å². The molecule has 2 aromatic rings. The van der Waals surface area contributed by atoms with Gasteiger partial charge in [0, 0.05) is 23.9 Å². The molecule has 5 nitrogen and oxygen atoms in total. The van der Waals surface area contributed by atoms with E-state index in [9.17, 15) is 4.79 Å². The molecular weight excluding hydrogens is 302 g/mol. The van der Waals surface area contributed by atoms with Gasteiger partial charge >= 0.3 is 0 Å². The van der Waals surface area contributed by atoms with Crippen LogP contribution in [0.4, 0.5) is 0 Å². The highest BCUT2D eigenvalue weighted by Crippen LogP contribution is 2.19. The van der Waals surface area contributed by atoms with Gasteiger partial charge < -0.3 is 10.1 Å². The fraction of sp³-hybridized carbons (Fsp3) is 0.421. The van der Waals surface area contributed by atoms with Crippen LogP contribution in [0.5, 0.6) is 5.75 Å². The first kappa shape index (κ1) is 17.9. The highest BCUT2D eigenvalue weighted by Gasteiger charge is 2.18. The summed E-state index contributed by atoms with van der Waals surface area (Å²) in [6.45, 7) is 8.08. The predicted octanol–water partition coefficient (Wildman–Crippen LogP) is 3.14. The third-order valence-corrected chi connectivity index (χ3v) is 3.68. The monoisotopic (exact) mass is 327 g/mol. The van der Waals surface area contributed by atoms with E-state index in [0.29, 0.717) is 12.0 Å². The lowest BCUT2D eigenvalue weighted by atomic mass is 9.96. The topological polar surface area (TPSA) is 64.1 Å². The zero-order valence-electron chi connectivity index (χ0n) is 15.0. The summed E-state index contributed by atoms with van der Waals surface area (Å²) in [7, 11) is 1.65. The Morgan fingerprint density at radius 1 is 1.21 bits per heavy atom. The van der Waals surface area contributed by atoms with Crippen molar-refractivity contribution < 1.29 is 9.53 Å². The lowest BCUT2D eigenvalue weighted by molar-refractivity contribution is 0.0939. The quantitative estimate of drug-likeness (QED) is 0.916. The molecule has 128 valence electrons. The molecule has 0 saturated carbocycles. The van der Waals surface area contributed by atoms with E-state index < -0.39 is 0 Å². The van der Waals surface area contributed by atoms with E-state index in [1.807, 2.05) is 52.0 Å². The lowest BCUT2D eigenvalue weighted by Crippen LogP contribution is -2.34. The predicted molar refractivity (Wildman–Crippen MR) is 94.4 cm³/mol. The maximum absolute atomic E-state index is 12.3. The number of carbonyl (C=O) groups is 1. The number of aromatic nitrogens is 2. The van der Waals surface area contributed by atoms with Gasteiger partial charge in [0.25, 0.3) is 5.91 Å². The Morgan fingerprint density at radius 2 is 1.83 bits per heavy atom. The number of ether oxygens (including phenoxy) is 1. The van der Waals surface area contributed by atoms with Crippen LogP contribution in [0.2, 0.25) is 0 Å². The van der Waals surface area contributed by atoms with Crippen LogP contribution in [0.1, 0.15) is 49.4 Å². The van der Waals surface area contributed by atoms with Crippen molar-refractivity contribution in [1.29, 1.82) is 0 Å². The number of hydrogen-bond acceptors (Lipinski definition) is 4. The van der Waals surface area contributed by atoms with Gasteiger partial charge in [-0.05, 0) is 25.0 Å². The minimum atomic E-state index is -0.169. The van der Waals surface area contributed by atoms with Crippen molar-refractivity contribution in [2.24, 2.45) is 0 Å². The maximum Gasteiger partial charge on any atom is 0.254 e. The third kappa shape index (κ3) is 4.54. The van der Waals surface area contributed by atoms with E-state index in [2.05, 4.69) is 15.3 Å². The molecule has 0 spiro atoms. The number of nitrogens with zero attached hydrogens (tertiary/aromatic N) is 2. The van der Waals surface area contributed by atoms with Crippen LogP contribution in [-0.2, 0) is 11.8 Å². The lowest BCUT2D eigenvalue weighted by Gasteiger charge is -2.17. The standard InChI is InChI=1S/C19H25N3O2/c1-13(10-14-8-6-7-9-16(14)24-5)22-17(23)15-11-20-18(21-12-15)19(2,3)4/h6-9,11-13H,10H2,1-5H3,(H,22,23). The van der Waals surface area contributed by atoms with Gasteiger partial charge in [0.2, 0.25) is 0 Å². The molecule has 5 heteroatoms. The molecule has 1 N–H and O–H groups in total. The molecule has 0 aliphatic heterocycles. The molecule has 0 fully saturated rings. The van der Waals surface area contributed by atoms with Crippen molar-refractivity contribution in [3.8, 4) is 5.75 Å². The van der Waals surface area contributed by atoms with Gasteiger partial charge in [-0.25, -0.2) is 9.97 Å². The van der Waals surface area contributed by atoms with Crippen LogP contribution in [0.25, 0.3) is 0 Å². The Hall–Kier alpha value is -2.43. The molecule has 1 unspecified atom stereocenters. The molecule has 2 rings (SSSR count). The Morgan fingerprint density at radius 3 is 2.42 bits per heavy atom. The number of nitrogens with one attached hydrogen (secondary N) is 1. The second kappa shape index (κ2) is 7.43. The number of amides is 1. The van der Waals surface area contributed by atoms with Gasteiger partial charge in [-0.1, -0.05) is 39.0 Å². The minimum absolute atomic E-state index is 0.0314. The van der Waals surface area contributed by atoms with Gasteiger partial charge in [0.1, 0.15) is 11.6 Å². The van der Waals surface area contributed by atoms with Crippen molar-refractivity contribution in [3.63, 3.8) is 0 Å². The largest absolute Gasteiger partial charge is 0.496 e. The molecule has 0 saturated heterocycles. The van der Waals surface area contributed by atoms with Crippen LogP contribution in [0.15, 0.2) is 36.7 Å². The summed E-state index contributed by atoms with van der Waals surface area (Å²) in [4.78, 5) is 20.9. The van der Waals surface area contributed by atoms with E-state index >= 15 is 0 Å². The molecule has 0 radical (unpaired) electrons. The maximum atomic E-state index is 12.3. The van der Waals surface area contributed by atoms with Gasteiger partial charge in [-0.3, -0.25) is 4.79 Å². The van der Waals surface area contributed by atoms with Crippen LogP contribution in [0.3, 0.4) is 0 Å². The molecule has 24 heavy (non-hydrogen) atoms. The molecule has 1 heterocycles. The normalized spacial score (nSPS) is 12.5. The highest BCUT2D eigenvalue weighted by molar-refractivity contribution is 5.93. The second-order valence-electron chi connectivity index (χ2n) is 6.94. The zero-order chi connectivity index (χ0) is 17.7. The van der Waals surface area contributed by atoms with Gasteiger partial charge in [-0.15, -0.1) is 0 Å². The fourth-order valence-electron chi connectivity index (χ4n) is 2.39. The first-order valence-corrected chi connectivity index (χ1v) is 8.06. The van der Waals surface area contributed by atoms with Gasteiger partial charge in [-0.2, -0.15) is 0 Å². The van der Waals surface area contributed by atoms with E-state index in [-0.39, 0.29) is 17.4 Å². The van der Waals surface area contributed by atoms with Crippen LogP contribution in [0, 0.1) is 0 Å². The SMILES string of the molecule is COc1ccccc1CC(C)NC(=O)c1cnc(C(C)(C)C)nc1. The first-order valence-electron chi connectivity index (χ1n) is 8.06. The Bertz CT molecular complexity index is 691. The smallest absolute Gasteiger partial charge is 0.254 e. The van der Waals surface area contributed by atoms with E-state index in [4.69, 9.17) is 4.74 Å². The number of rotatable bonds is 5. The van der Waals surface area contributed by atoms with Crippen molar-refractivity contribution in [2.75, 3.05) is 7.11 Å². The summed E-state index contributed by atoms with van der Waals surface area (Å²) in [6.07, 6.45) is 3.86. The van der Waals surface area contributed by atoms with Crippen molar-refractivity contribution in [2.45, 2.75) is 45.6 Å².